The van der Waals surface area contributed by atoms with E-state index in [1.807, 2.05) is 0 Å². The fourth-order valence-corrected chi connectivity index (χ4v) is 3.44. The number of nitrogens with one attached hydrogen (secondary N) is 1. The molecule has 1 N–H and O–H groups in total. The van der Waals surface area contributed by atoms with Crippen LogP contribution in [0.25, 0.3) is 0 Å². The van der Waals surface area contributed by atoms with E-state index < -0.39 is 5.95 Å². The predicted molar refractivity (Wildman–Crippen MR) is 97.3 cm³/mol. The zero-order valence-electron chi connectivity index (χ0n) is 15.1. The van der Waals surface area contributed by atoms with E-state index in [0.717, 1.165) is 19.6 Å². The van der Waals surface area contributed by atoms with Gasteiger partial charge < -0.3 is 10.1 Å². The molecule has 25 heavy (non-hydrogen) atoms. The number of halogens is 1. The van der Waals surface area contributed by atoms with Gasteiger partial charge in [-0.3, -0.25) is 4.90 Å². The second-order valence-corrected chi connectivity index (χ2v) is 6.83. The Bertz CT molecular complexity index is 720. The number of ether oxygens (including phenoxy) is 1. The summed E-state index contributed by atoms with van der Waals surface area (Å²) in [7, 11) is 1.49. The molecule has 0 saturated carbocycles. The number of rotatable bonds is 5. The Morgan fingerprint density at radius 2 is 2.08 bits per heavy atom. The molecule has 1 atom stereocenters. The van der Waals surface area contributed by atoms with Crippen molar-refractivity contribution < 1.29 is 9.13 Å². The van der Waals surface area contributed by atoms with Crippen LogP contribution < -0.4 is 10.1 Å². The Labute approximate surface area is 149 Å². The monoisotopic (exact) mass is 343 g/mol. The maximum absolute atomic E-state index is 14.1. The third-order valence-electron chi connectivity index (χ3n) is 4.76. The van der Waals surface area contributed by atoms with Gasteiger partial charge in [0, 0.05) is 43.9 Å². The van der Waals surface area contributed by atoms with Crippen molar-refractivity contribution in [1.82, 2.24) is 15.2 Å². The summed E-state index contributed by atoms with van der Waals surface area (Å²) >= 11 is 0. The summed E-state index contributed by atoms with van der Waals surface area (Å²) in [5.74, 6) is 0.346. The largest absolute Gasteiger partial charge is 0.481 e. The van der Waals surface area contributed by atoms with E-state index in [2.05, 4.69) is 53.3 Å². The van der Waals surface area contributed by atoms with Crippen LogP contribution in [0.3, 0.4) is 0 Å². The molecule has 2 aromatic rings. The zero-order valence-corrected chi connectivity index (χ0v) is 15.1. The molecule has 1 fully saturated rings. The minimum absolute atomic E-state index is 0.265. The van der Waals surface area contributed by atoms with Gasteiger partial charge in [0.05, 0.1) is 7.11 Å². The summed E-state index contributed by atoms with van der Waals surface area (Å²) in [5.41, 5.74) is 3.33. The van der Waals surface area contributed by atoms with E-state index in [-0.39, 0.29) is 6.04 Å². The molecule has 3 rings (SSSR count). The average molecular weight is 343 g/mol. The topological polar surface area (TPSA) is 37.4 Å². The lowest BCUT2D eigenvalue weighted by Crippen LogP contribution is -2.45. The van der Waals surface area contributed by atoms with Crippen LogP contribution in [0.4, 0.5) is 4.39 Å². The number of methoxy groups -OCH3 is 1. The second kappa shape index (κ2) is 7.93. The standard InChI is InChI=1S/C20H26FN3O/c1-14(2)16-6-4-5-7-17(16)18-13-24(11-10-22-18)12-15-8-9-19(25-3)23-20(15)21/h4-9,14,18,22H,10-13H2,1-3H3/t18-/m0/s1. The SMILES string of the molecule is COc1ccc(CN2CCN[C@H](c3ccccc3C(C)C)C2)c(F)n1. The first-order chi connectivity index (χ1) is 12.1. The number of piperazine rings is 1. The van der Waals surface area contributed by atoms with E-state index in [1.54, 1.807) is 12.1 Å². The number of hydrogen-bond acceptors (Lipinski definition) is 4. The van der Waals surface area contributed by atoms with Gasteiger partial charge in [-0.2, -0.15) is 9.37 Å². The molecule has 0 spiro atoms. The fourth-order valence-electron chi connectivity index (χ4n) is 3.44. The van der Waals surface area contributed by atoms with Crippen LogP contribution in [-0.4, -0.2) is 36.6 Å². The molecule has 0 radical (unpaired) electrons. The molecule has 1 aliphatic rings. The highest BCUT2D eigenvalue weighted by Gasteiger charge is 2.24. The highest BCUT2D eigenvalue weighted by Crippen LogP contribution is 2.27. The van der Waals surface area contributed by atoms with Gasteiger partial charge in [0.15, 0.2) is 0 Å². The maximum Gasteiger partial charge on any atom is 0.220 e. The lowest BCUT2D eigenvalue weighted by Gasteiger charge is -2.35. The predicted octanol–water partition coefficient (Wildman–Crippen LogP) is 3.50. The number of aromatic nitrogens is 1. The molecule has 1 saturated heterocycles. The van der Waals surface area contributed by atoms with E-state index >= 15 is 0 Å². The summed E-state index contributed by atoms with van der Waals surface area (Å²) in [6.45, 7) is 7.64. The van der Waals surface area contributed by atoms with Crippen LogP contribution in [0, 0.1) is 5.95 Å². The Kier molecular flexibility index (Phi) is 5.66. The van der Waals surface area contributed by atoms with Gasteiger partial charge in [-0.15, -0.1) is 0 Å². The molecule has 0 aliphatic carbocycles. The molecule has 0 bridgehead atoms. The molecule has 134 valence electrons. The number of benzene rings is 1. The van der Waals surface area contributed by atoms with Gasteiger partial charge in [-0.05, 0) is 23.1 Å². The lowest BCUT2D eigenvalue weighted by molar-refractivity contribution is 0.190. The van der Waals surface area contributed by atoms with Crippen LogP contribution in [-0.2, 0) is 6.54 Å². The van der Waals surface area contributed by atoms with Crippen molar-refractivity contribution in [3.63, 3.8) is 0 Å². The van der Waals surface area contributed by atoms with E-state index in [9.17, 15) is 4.39 Å². The smallest absolute Gasteiger partial charge is 0.220 e. The fraction of sp³-hybridized carbons (Fsp3) is 0.450. The first kappa shape index (κ1) is 17.8. The molecular weight excluding hydrogens is 317 g/mol. The van der Waals surface area contributed by atoms with Gasteiger partial charge in [0.1, 0.15) is 0 Å². The van der Waals surface area contributed by atoms with Crippen molar-refractivity contribution in [3.8, 4) is 5.88 Å². The molecule has 1 aliphatic heterocycles. The van der Waals surface area contributed by atoms with Crippen molar-refractivity contribution in [2.75, 3.05) is 26.7 Å². The van der Waals surface area contributed by atoms with E-state index in [4.69, 9.17) is 4.74 Å². The van der Waals surface area contributed by atoms with Gasteiger partial charge in [0.2, 0.25) is 11.8 Å². The number of nitrogens with zero attached hydrogens (tertiary/aromatic N) is 2. The first-order valence-corrected chi connectivity index (χ1v) is 8.82. The van der Waals surface area contributed by atoms with Crippen molar-refractivity contribution in [2.24, 2.45) is 0 Å². The van der Waals surface area contributed by atoms with Crippen LogP contribution >= 0.6 is 0 Å². The van der Waals surface area contributed by atoms with Gasteiger partial charge in [0.25, 0.3) is 0 Å². The molecule has 1 aromatic carbocycles. The molecular formula is C20H26FN3O. The van der Waals surface area contributed by atoms with E-state index in [0.29, 0.717) is 23.9 Å². The second-order valence-electron chi connectivity index (χ2n) is 6.83. The van der Waals surface area contributed by atoms with Crippen LogP contribution in [0.5, 0.6) is 5.88 Å². The summed E-state index contributed by atoms with van der Waals surface area (Å²) in [6, 6.07) is 12.3. The van der Waals surface area contributed by atoms with Crippen LogP contribution in [0.1, 0.15) is 42.5 Å². The van der Waals surface area contributed by atoms with Gasteiger partial charge in [-0.25, -0.2) is 0 Å². The minimum Gasteiger partial charge on any atom is -0.481 e. The Balaban J connectivity index is 1.74. The highest BCUT2D eigenvalue weighted by atomic mass is 19.1. The third-order valence-corrected chi connectivity index (χ3v) is 4.76. The third kappa shape index (κ3) is 4.17. The molecule has 0 amide bonds. The van der Waals surface area contributed by atoms with Crippen molar-refractivity contribution in [1.29, 1.82) is 0 Å². The lowest BCUT2D eigenvalue weighted by atomic mass is 9.92. The average Bonchev–Trinajstić information content (AvgIpc) is 2.63. The zero-order chi connectivity index (χ0) is 17.8. The van der Waals surface area contributed by atoms with Crippen LogP contribution in [0.15, 0.2) is 36.4 Å². The first-order valence-electron chi connectivity index (χ1n) is 8.82. The van der Waals surface area contributed by atoms with Crippen molar-refractivity contribution in [2.45, 2.75) is 32.4 Å². The molecule has 4 nitrogen and oxygen atoms in total. The van der Waals surface area contributed by atoms with E-state index in [1.165, 1.54) is 18.2 Å². The summed E-state index contributed by atoms with van der Waals surface area (Å²) in [6.07, 6.45) is 0. The Hall–Kier alpha value is -1.98. The molecule has 5 heteroatoms. The molecule has 0 unspecified atom stereocenters. The van der Waals surface area contributed by atoms with Gasteiger partial charge in [-0.1, -0.05) is 38.1 Å². The Morgan fingerprint density at radius 1 is 1.28 bits per heavy atom. The summed E-state index contributed by atoms with van der Waals surface area (Å²) in [5, 5.41) is 3.61. The van der Waals surface area contributed by atoms with Crippen LogP contribution in [0.2, 0.25) is 0 Å². The Morgan fingerprint density at radius 3 is 2.80 bits per heavy atom. The minimum atomic E-state index is -0.447. The van der Waals surface area contributed by atoms with Crippen molar-refractivity contribution >= 4 is 0 Å². The van der Waals surface area contributed by atoms with Crippen molar-refractivity contribution in [3.05, 3.63) is 59.0 Å². The number of pyridine rings is 1. The maximum atomic E-state index is 14.1. The summed E-state index contributed by atoms with van der Waals surface area (Å²) in [4.78, 5) is 6.12. The normalized spacial score (nSPS) is 18.5. The number of hydrogen-bond donors (Lipinski definition) is 1. The van der Waals surface area contributed by atoms with Gasteiger partial charge >= 0.3 is 0 Å². The summed E-state index contributed by atoms with van der Waals surface area (Å²) < 4.78 is 19.1. The molecule has 2 heterocycles. The molecule has 1 aromatic heterocycles. The highest BCUT2D eigenvalue weighted by molar-refractivity contribution is 5.33. The quantitative estimate of drug-likeness (QED) is 0.843.